The number of para-hydroxylation sites is 1. The molecule has 0 bridgehead atoms. The number of nitrogens with zero attached hydrogens (tertiary/aromatic N) is 2. The van der Waals surface area contributed by atoms with E-state index in [1.807, 2.05) is 29.2 Å². The van der Waals surface area contributed by atoms with Crippen LogP contribution < -0.4 is 10.1 Å². The number of benzene rings is 2. The molecule has 2 amide bonds. The first kappa shape index (κ1) is 20.8. The van der Waals surface area contributed by atoms with Gasteiger partial charge < -0.3 is 15.0 Å². The van der Waals surface area contributed by atoms with Gasteiger partial charge in [0.15, 0.2) is 0 Å². The molecule has 2 aromatic carbocycles. The molecule has 1 aliphatic heterocycles. The first-order chi connectivity index (χ1) is 15.6. The maximum absolute atomic E-state index is 13.5. The molecule has 32 heavy (non-hydrogen) atoms. The molecule has 0 radical (unpaired) electrons. The summed E-state index contributed by atoms with van der Waals surface area (Å²) in [4.78, 5) is 33.4. The van der Waals surface area contributed by atoms with E-state index in [1.165, 1.54) is 6.42 Å². The summed E-state index contributed by atoms with van der Waals surface area (Å²) in [6, 6.07) is 12.8. The molecule has 0 atom stereocenters. The second-order valence-corrected chi connectivity index (χ2v) is 8.77. The Bertz CT molecular complexity index is 1220. The molecule has 1 N–H and O–H groups in total. The van der Waals surface area contributed by atoms with Crippen molar-refractivity contribution in [2.75, 3.05) is 12.4 Å². The Kier molecular flexibility index (Phi) is 5.47. The number of pyridine rings is 1. The van der Waals surface area contributed by atoms with Crippen molar-refractivity contribution in [1.82, 2.24) is 9.88 Å². The molecule has 0 saturated heterocycles. The van der Waals surface area contributed by atoms with Crippen molar-refractivity contribution in [2.45, 2.75) is 44.7 Å². The van der Waals surface area contributed by atoms with E-state index in [2.05, 4.69) is 10.3 Å². The first-order valence-corrected chi connectivity index (χ1v) is 11.3. The zero-order valence-electron chi connectivity index (χ0n) is 17.9. The highest BCUT2D eigenvalue weighted by Crippen LogP contribution is 2.35. The predicted octanol–water partition coefficient (Wildman–Crippen LogP) is 5.44. The second-order valence-electron chi connectivity index (χ2n) is 8.36. The fourth-order valence-electron chi connectivity index (χ4n) is 4.85. The van der Waals surface area contributed by atoms with Crippen LogP contribution >= 0.6 is 11.6 Å². The average molecular weight is 450 g/mol. The van der Waals surface area contributed by atoms with E-state index in [-0.39, 0.29) is 17.9 Å². The number of methoxy groups -OCH3 is 1. The number of fused-ring (bicyclic) bond motifs is 2. The van der Waals surface area contributed by atoms with Gasteiger partial charge in [0.25, 0.3) is 11.8 Å². The van der Waals surface area contributed by atoms with E-state index >= 15 is 0 Å². The molecule has 2 aliphatic rings. The summed E-state index contributed by atoms with van der Waals surface area (Å²) < 4.78 is 5.19. The number of anilines is 1. The topological polar surface area (TPSA) is 71.5 Å². The van der Waals surface area contributed by atoms with Crippen molar-refractivity contribution < 1.29 is 14.3 Å². The molecular formula is C25H24ClN3O3. The fourth-order valence-corrected chi connectivity index (χ4v) is 5.10. The summed E-state index contributed by atoms with van der Waals surface area (Å²) >= 11 is 6.23. The minimum absolute atomic E-state index is 0.0702. The number of aromatic nitrogens is 1. The van der Waals surface area contributed by atoms with Crippen LogP contribution in [0.1, 0.15) is 58.5 Å². The first-order valence-electron chi connectivity index (χ1n) is 10.9. The largest absolute Gasteiger partial charge is 0.495 e. The number of nitrogens with one attached hydrogen (secondary N) is 1. The third kappa shape index (κ3) is 3.58. The number of rotatable bonds is 4. The van der Waals surface area contributed by atoms with Gasteiger partial charge in [-0.25, -0.2) is 4.98 Å². The standard InChI is InChI=1S/C25H24ClN3O3/c1-32-21-12-11-15(13-19(21)26)27-24(30)22-17-9-5-6-10-20(17)28-23-18(22)14-29(25(23)31)16-7-3-2-4-8-16/h5-6,9-13,16H,2-4,7-8,14H2,1H3,(H,27,30). The number of amides is 2. The smallest absolute Gasteiger partial charge is 0.273 e. The van der Waals surface area contributed by atoms with Gasteiger partial charge >= 0.3 is 0 Å². The molecular weight excluding hydrogens is 426 g/mol. The SMILES string of the molecule is COc1ccc(NC(=O)c2c3c(nc4ccccc24)C(=O)N(C2CCCCC2)C3)cc1Cl. The van der Waals surface area contributed by atoms with Crippen LogP contribution in [0.5, 0.6) is 5.75 Å². The van der Waals surface area contributed by atoms with Crippen molar-refractivity contribution >= 4 is 40.0 Å². The highest BCUT2D eigenvalue weighted by atomic mass is 35.5. The van der Waals surface area contributed by atoms with E-state index in [4.69, 9.17) is 16.3 Å². The van der Waals surface area contributed by atoms with E-state index in [0.717, 1.165) is 31.1 Å². The van der Waals surface area contributed by atoms with Crippen molar-refractivity contribution in [3.63, 3.8) is 0 Å². The van der Waals surface area contributed by atoms with Gasteiger partial charge in [0, 0.05) is 29.2 Å². The normalized spacial score (nSPS) is 16.3. The Balaban J connectivity index is 1.55. The lowest BCUT2D eigenvalue weighted by atomic mass is 9.94. The summed E-state index contributed by atoms with van der Waals surface area (Å²) in [7, 11) is 1.54. The Morgan fingerprint density at radius 3 is 2.69 bits per heavy atom. The zero-order valence-corrected chi connectivity index (χ0v) is 18.6. The number of hydrogen-bond donors (Lipinski definition) is 1. The van der Waals surface area contributed by atoms with E-state index in [9.17, 15) is 9.59 Å². The lowest BCUT2D eigenvalue weighted by Crippen LogP contribution is -2.37. The van der Waals surface area contributed by atoms with Crippen LogP contribution in [0, 0.1) is 0 Å². The highest BCUT2D eigenvalue weighted by molar-refractivity contribution is 6.32. The molecule has 3 aromatic rings. The van der Waals surface area contributed by atoms with E-state index < -0.39 is 0 Å². The molecule has 6 nitrogen and oxygen atoms in total. The monoisotopic (exact) mass is 449 g/mol. The number of hydrogen-bond acceptors (Lipinski definition) is 4. The van der Waals surface area contributed by atoms with Crippen LogP contribution in [0.2, 0.25) is 5.02 Å². The number of carbonyl (C=O) groups is 2. The summed E-state index contributed by atoms with van der Waals surface area (Å²) in [5.41, 5.74) is 2.81. The molecule has 164 valence electrons. The molecule has 2 heterocycles. The zero-order chi connectivity index (χ0) is 22.2. The van der Waals surface area contributed by atoms with Crippen LogP contribution in [-0.4, -0.2) is 34.8 Å². The van der Waals surface area contributed by atoms with Crippen molar-refractivity contribution in [1.29, 1.82) is 0 Å². The summed E-state index contributed by atoms with van der Waals surface area (Å²) in [6.07, 6.45) is 5.49. The number of carbonyl (C=O) groups excluding carboxylic acids is 2. The summed E-state index contributed by atoms with van der Waals surface area (Å²) in [5, 5.41) is 4.09. The van der Waals surface area contributed by atoms with Gasteiger partial charge in [0.05, 0.1) is 23.2 Å². The van der Waals surface area contributed by atoms with Gasteiger partial charge in [-0.3, -0.25) is 9.59 Å². The fraction of sp³-hybridized carbons (Fsp3) is 0.320. The molecule has 1 fully saturated rings. The lowest BCUT2D eigenvalue weighted by Gasteiger charge is -2.30. The van der Waals surface area contributed by atoms with Gasteiger partial charge in [-0.1, -0.05) is 49.1 Å². The van der Waals surface area contributed by atoms with Crippen LogP contribution in [0.3, 0.4) is 0 Å². The lowest BCUT2D eigenvalue weighted by molar-refractivity contribution is 0.0655. The van der Waals surface area contributed by atoms with Gasteiger partial charge in [-0.15, -0.1) is 0 Å². The van der Waals surface area contributed by atoms with Crippen molar-refractivity contribution in [3.8, 4) is 5.75 Å². The van der Waals surface area contributed by atoms with E-state index in [0.29, 0.717) is 45.3 Å². The molecule has 1 aliphatic carbocycles. The quantitative estimate of drug-likeness (QED) is 0.575. The molecule has 1 saturated carbocycles. The van der Waals surface area contributed by atoms with Gasteiger partial charge in [-0.2, -0.15) is 0 Å². The Morgan fingerprint density at radius 1 is 1.16 bits per heavy atom. The molecule has 0 unspecified atom stereocenters. The Labute approximate surface area is 191 Å². The maximum Gasteiger partial charge on any atom is 0.273 e. The number of halogens is 1. The highest BCUT2D eigenvalue weighted by Gasteiger charge is 2.38. The van der Waals surface area contributed by atoms with Gasteiger partial charge in [-0.05, 0) is 37.1 Å². The Hall–Kier alpha value is -3.12. The third-order valence-electron chi connectivity index (χ3n) is 6.44. The third-order valence-corrected chi connectivity index (χ3v) is 6.73. The molecule has 1 aromatic heterocycles. The second kappa shape index (κ2) is 8.43. The summed E-state index contributed by atoms with van der Waals surface area (Å²) in [6.45, 7) is 0.419. The summed E-state index contributed by atoms with van der Waals surface area (Å²) in [5.74, 6) is 0.187. The van der Waals surface area contributed by atoms with E-state index in [1.54, 1.807) is 25.3 Å². The average Bonchev–Trinajstić information content (AvgIpc) is 3.14. The van der Waals surface area contributed by atoms with Crippen LogP contribution in [0.15, 0.2) is 42.5 Å². The molecule has 7 heteroatoms. The predicted molar refractivity (Wildman–Crippen MR) is 124 cm³/mol. The minimum Gasteiger partial charge on any atom is -0.495 e. The molecule has 0 spiro atoms. The van der Waals surface area contributed by atoms with Crippen LogP contribution in [0.4, 0.5) is 5.69 Å². The number of ether oxygens (including phenoxy) is 1. The van der Waals surface area contributed by atoms with Gasteiger partial charge in [0.2, 0.25) is 0 Å². The van der Waals surface area contributed by atoms with Gasteiger partial charge in [0.1, 0.15) is 11.4 Å². The van der Waals surface area contributed by atoms with Crippen molar-refractivity contribution in [3.05, 3.63) is 64.3 Å². The van der Waals surface area contributed by atoms with Crippen LogP contribution in [0.25, 0.3) is 10.9 Å². The van der Waals surface area contributed by atoms with Crippen molar-refractivity contribution in [2.24, 2.45) is 0 Å². The Morgan fingerprint density at radius 2 is 1.94 bits per heavy atom. The minimum atomic E-state index is -0.278. The van der Waals surface area contributed by atoms with Crippen LogP contribution in [-0.2, 0) is 6.54 Å². The molecule has 5 rings (SSSR count). The maximum atomic E-state index is 13.5.